The molecule has 0 unspecified atom stereocenters. The number of carbonyl (C=O) groups excluding carboxylic acids is 1. The molecule has 0 spiro atoms. The zero-order valence-electron chi connectivity index (χ0n) is 14.9. The molecule has 0 bridgehead atoms. The highest BCUT2D eigenvalue weighted by atomic mass is 35.5. The lowest BCUT2D eigenvalue weighted by atomic mass is 10.1. The number of cyclic esters (lactones) is 1. The summed E-state index contributed by atoms with van der Waals surface area (Å²) in [6.07, 6.45) is 0.789. The Morgan fingerprint density at radius 1 is 1.32 bits per heavy atom. The molecule has 0 radical (unpaired) electrons. The first-order valence-corrected chi connectivity index (χ1v) is 8.33. The largest absolute Gasteiger partial charge is 1.00 e. The van der Waals surface area contributed by atoms with E-state index in [1.807, 2.05) is 0 Å². The fraction of sp³-hybridized carbons (Fsp3) is 0.235. The first-order chi connectivity index (χ1) is 13.0. The van der Waals surface area contributed by atoms with Crippen molar-refractivity contribution in [3.8, 4) is 22.6 Å². The van der Waals surface area contributed by atoms with Crippen molar-refractivity contribution in [3.63, 3.8) is 0 Å². The van der Waals surface area contributed by atoms with Crippen LogP contribution in [0.4, 0.5) is 14.9 Å². The third-order valence-electron chi connectivity index (χ3n) is 4.27. The molecule has 3 N–H and O–H groups in total. The molecule has 1 aliphatic heterocycles. The number of pyridine rings is 1. The maximum atomic E-state index is 14.7. The molecule has 1 fully saturated rings. The SMILES string of the molecule is Cn1nnc(-c2ccc(-c3ccc(N4C[C@H](C[NH3+])OC4=O)cc3F)cn2)n1.[Cl-]. The molecule has 0 saturated carbocycles. The monoisotopic (exact) mass is 405 g/mol. The summed E-state index contributed by atoms with van der Waals surface area (Å²) in [5.41, 5.74) is 5.71. The second kappa shape index (κ2) is 7.87. The number of ether oxygens (including phenoxy) is 1. The minimum absolute atomic E-state index is 0. The number of carbonyl (C=O) groups is 1. The van der Waals surface area contributed by atoms with Gasteiger partial charge >= 0.3 is 6.09 Å². The number of tetrazole rings is 1. The van der Waals surface area contributed by atoms with E-state index in [0.717, 1.165) is 0 Å². The number of benzene rings is 1. The standard InChI is InChI=1S/C17H16FN7O2.ClH/c1-24-22-16(21-23-24)15-5-2-10(8-20-15)13-4-3-11(6-14(13)18)25-9-12(7-19)27-17(25)26;/h2-6,8,12H,7,9,19H2,1H3;1H/t12-;/m0./s1. The number of hydrogen-bond acceptors (Lipinski definition) is 6. The molecule has 4 rings (SSSR count). The Hall–Kier alpha value is -3.11. The first-order valence-electron chi connectivity index (χ1n) is 8.33. The van der Waals surface area contributed by atoms with Gasteiger partial charge in [-0.1, -0.05) is 6.07 Å². The average molecular weight is 406 g/mol. The van der Waals surface area contributed by atoms with Gasteiger partial charge in [-0.25, -0.2) is 9.18 Å². The van der Waals surface area contributed by atoms with Crippen molar-refractivity contribution in [3.05, 3.63) is 42.3 Å². The molecule has 2 aromatic heterocycles. The van der Waals surface area contributed by atoms with E-state index in [9.17, 15) is 9.18 Å². The molecule has 0 aliphatic carbocycles. The number of hydrogen-bond donors (Lipinski definition) is 1. The van der Waals surface area contributed by atoms with Crippen molar-refractivity contribution in [2.45, 2.75) is 6.10 Å². The number of anilines is 1. The zero-order chi connectivity index (χ0) is 19.0. The van der Waals surface area contributed by atoms with Crippen molar-refractivity contribution < 1.29 is 32.1 Å². The highest BCUT2D eigenvalue weighted by Crippen LogP contribution is 2.29. The molecule has 1 atom stereocenters. The lowest BCUT2D eigenvalue weighted by Crippen LogP contribution is -3.00. The van der Waals surface area contributed by atoms with Gasteiger partial charge in [0.25, 0.3) is 0 Å². The first kappa shape index (κ1) is 19.6. The fourth-order valence-corrected chi connectivity index (χ4v) is 2.86. The van der Waals surface area contributed by atoms with Gasteiger partial charge in [0.1, 0.15) is 18.1 Å². The topological polar surface area (TPSA) is 114 Å². The van der Waals surface area contributed by atoms with E-state index < -0.39 is 11.9 Å². The van der Waals surface area contributed by atoms with Gasteiger partial charge in [0.2, 0.25) is 5.82 Å². The van der Waals surface area contributed by atoms with Crippen LogP contribution in [0.5, 0.6) is 0 Å². The number of quaternary nitrogens is 1. The van der Waals surface area contributed by atoms with E-state index in [2.05, 4.69) is 26.1 Å². The summed E-state index contributed by atoms with van der Waals surface area (Å²) in [5.74, 6) is -0.0575. The summed E-state index contributed by atoms with van der Waals surface area (Å²) >= 11 is 0. The lowest BCUT2D eigenvalue weighted by molar-refractivity contribution is -0.380. The van der Waals surface area contributed by atoms with E-state index in [1.54, 1.807) is 37.5 Å². The summed E-state index contributed by atoms with van der Waals surface area (Å²) in [5, 5.41) is 11.7. The zero-order valence-corrected chi connectivity index (χ0v) is 15.7. The Morgan fingerprint density at radius 3 is 2.71 bits per heavy atom. The number of aryl methyl sites for hydroxylation is 1. The Balaban J connectivity index is 0.00000225. The fourth-order valence-electron chi connectivity index (χ4n) is 2.86. The van der Waals surface area contributed by atoms with E-state index in [-0.39, 0.29) is 18.5 Å². The van der Waals surface area contributed by atoms with Gasteiger partial charge in [0.15, 0.2) is 6.10 Å². The molecular weight excluding hydrogens is 389 g/mol. The summed E-state index contributed by atoms with van der Waals surface area (Å²) in [6.45, 7) is 0.837. The molecule has 3 heterocycles. The van der Waals surface area contributed by atoms with Gasteiger partial charge in [-0.3, -0.25) is 9.88 Å². The molecule has 9 nitrogen and oxygen atoms in total. The molecule has 146 valence electrons. The number of aromatic nitrogens is 5. The van der Waals surface area contributed by atoms with Crippen molar-refractivity contribution in [1.82, 2.24) is 25.2 Å². The average Bonchev–Trinajstić information content (AvgIpc) is 3.27. The molecule has 1 amide bonds. The smallest absolute Gasteiger partial charge is 0.414 e. The molecule has 3 aromatic rings. The van der Waals surface area contributed by atoms with Crippen LogP contribution in [0.2, 0.25) is 0 Å². The molecular formula is C17H17ClFN7O2. The van der Waals surface area contributed by atoms with Crippen LogP contribution in [0.3, 0.4) is 0 Å². The van der Waals surface area contributed by atoms with Crippen molar-refractivity contribution >= 4 is 11.8 Å². The van der Waals surface area contributed by atoms with Crippen LogP contribution in [0.15, 0.2) is 36.5 Å². The second-order valence-corrected chi connectivity index (χ2v) is 6.10. The minimum Gasteiger partial charge on any atom is -1.00 e. The Kier molecular flexibility index (Phi) is 5.52. The van der Waals surface area contributed by atoms with Gasteiger partial charge in [-0.15, -0.1) is 10.2 Å². The van der Waals surface area contributed by atoms with Crippen molar-refractivity contribution in [2.75, 3.05) is 18.0 Å². The Morgan fingerprint density at radius 2 is 2.14 bits per heavy atom. The summed E-state index contributed by atoms with van der Waals surface area (Å²) < 4.78 is 19.8. The van der Waals surface area contributed by atoms with Gasteiger partial charge in [0, 0.05) is 17.3 Å². The Bertz CT molecular complexity index is 995. The highest BCUT2D eigenvalue weighted by molar-refractivity contribution is 5.90. The molecule has 28 heavy (non-hydrogen) atoms. The highest BCUT2D eigenvalue weighted by Gasteiger charge is 2.32. The number of amides is 1. The summed E-state index contributed by atoms with van der Waals surface area (Å²) in [4.78, 5) is 18.9. The van der Waals surface area contributed by atoms with Gasteiger partial charge in [-0.2, -0.15) is 4.80 Å². The quantitative estimate of drug-likeness (QED) is 0.520. The maximum absolute atomic E-state index is 14.7. The van der Waals surface area contributed by atoms with Crippen LogP contribution in [-0.4, -0.2) is 50.5 Å². The normalized spacial score (nSPS) is 16.0. The second-order valence-electron chi connectivity index (χ2n) is 6.10. The maximum Gasteiger partial charge on any atom is 0.414 e. The molecule has 11 heteroatoms. The lowest BCUT2D eigenvalue weighted by Gasteiger charge is -2.14. The van der Waals surface area contributed by atoms with E-state index in [1.165, 1.54) is 15.8 Å². The van der Waals surface area contributed by atoms with Gasteiger partial charge in [0.05, 0.1) is 19.3 Å². The van der Waals surface area contributed by atoms with Gasteiger partial charge < -0.3 is 22.9 Å². The van der Waals surface area contributed by atoms with Crippen LogP contribution in [0, 0.1) is 5.82 Å². The predicted molar refractivity (Wildman–Crippen MR) is 92.8 cm³/mol. The molecule has 1 saturated heterocycles. The van der Waals surface area contributed by atoms with Crippen LogP contribution in [0.1, 0.15) is 0 Å². The van der Waals surface area contributed by atoms with Gasteiger partial charge in [-0.05, 0) is 29.5 Å². The van der Waals surface area contributed by atoms with Crippen LogP contribution < -0.4 is 23.0 Å². The van der Waals surface area contributed by atoms with Crippen LogP contribution >= 0.6 is 0 Å². The van der Waals surface area contributed by atoms with E-state index in [4.69, 9.17) is 4.74 Å². The number of rotatable bonds is 4. The summed E-state index contributed by atoms with van der Waals surface area (Å²) in [7, 11) is 1.66. The molecule has 1 aliphatic rings. The predicted octanol–water partition coefficient (Wildman–Crippen LogP) is -2.35. The number of nitrogens with zero attached hydrogens (tertiary/aromatic N) is 6. The van der Waals surface area contributed by atoms with E-state index in [0.29, 0.717) is 41.4 Å². The Labute approximate surface area is 165 Å². The van der Waals surface area contributed by atoms with Crippen molar-refractivity contribution in [2.24, 2.45) is 7.05 Å². The van der Waals surface area contributed by atoms with Crippen LogP contribution in [0.25, 0.3) is 22.6 Å². The summed E-state index contributed by atoms with van der Waals surface area (Å²) in [6, 6.07) is 8.06. The van der Waals surface area contributed by atoms with Crippen molar-refractivity contribution in [1.29, 1.82) is 0 Å². The minimum atomic E-state index is -0.488. The third kappa shape index (κ3) is 3.64. The molecule has 1 aromatic carbocycles. The number of halogens is 2. The van der Waals surface area contributed by atoms with E-state index >= 15 is 0 Å². The van der Waals surface area contributed by atoms with Crippen LogP contribution in [-0.2, 0) is 11.8 Å². The third-order valence-corrected chi connectivity index (χ3v) is 4.27.